The largest absolute Gasteiger partial charge is 0.481 e. The molecule has 0 saturated carbocycles. The Hall–Kier alpha value is -3.48. The highest BCUT2D eigenvalue weighted by Gasteiger charge is 2.11. The number of aryl methyl sites for hydroxylation is 1. The molecule has 3 rings (SSSR count). The van der Waals surface area contributed by atoms with E-state index in [0.29, 0.717) is 0 Å². The average molecular weight is 366 g/mol. The lowest BCUT2D eigenvalue weighted by Gasteiger charge is -2.05. The van der Waals surface area contributed by atoms with Crippen LogP contribution in [0.3, 0.4) is 0 Å². The second-order valence-electron chi connectivity index (χ2n) is 5.84. The zero-order valence-corrected chi connectivity index (χ0v) is 15.0. The lowest BCUT2D eigenvalue weighted by atomic mass is 10.2. The van der Waals surface area contributed by atoms with Crippen LogP contribution < -0.4 is 10.2 Å². The van der Waals surface area contributed by atoms with Gasteiger partial charge >= 0.3 is 0 Å². The highest BCUT2D eigenvalue weighted by Crippen LogP contribution is 2.16. The minimum Gasteiger partial charge on any atom is -0.481 e. The van der Waals surface area contributed by atoms with Gasteiger partial charge in [0.1, 0.15) is 0 Å². The molecule has 3 aromatic rings. The summed E-state index contributed by atoms with van der Waals surface area (Å²) < 4.78 is 20.4. The van der Waals surface area contributed by atoms with Crippen molar-refractivity contribution in [3.05, 3.63) is 77.4 Å². The molecule has 0 bridgehead atoms. The van der Waals surface area contributed by atoms with Crippen molar-refractivity contribution in [1.29, 1.82) is 0 Å². The fourth-order valence-electron chi connectivity index (χ4n) is 2.57. The SMILES string of the molecule is Cc1nn(-c2ccccc2)c(C)c1C=NNC(=O)COc1ccccc1F. The third-order valence-electron chi connectivity index (χ3n) is 3.93. The predicted molar refractivity (Wildman–Crippen MR) is 101 cm³/mol. The van der Waals surface area contributed by atoms with E-state index in [4.69, 9.17) is 4.74 Å². The summed E-state index contributed by atoms with van der Waals surface area (Å²) in [7, 11) is 0. The minimum atomic E-state index is -0.520. The Morgan fingerprint density at radius 3 is 2.63 bits per heavy atom. The molecule has 1 heterocycles. The molecule has 0 atom stereocenters. The molecular formula is C20H19FN4O2. The van der Waals surface area contributed by atoms with Crippen LogP contribution in [0.1, 0.15) is 17.0 Å². The van der Waals surface area contributed by atoms with Gasteiger partial charge in [0.15, 0.2) is 18.2 Å². The van der Waals surface area contributed by atoms with Gasteiger partial charge in [-0.1, -0.05) is 30.3 Å². The van der Waals surface area contributed by atoms with Crippen molar-refractivity contribution in [2.24, 2.45) is 5.10 Å². The summed E-state index contributed by atoms with van der Waals surface area (Å²) in [5, 5.41) is 8.46. The fraction of sp³-hybridized carbons (Fsp3) is 0.150. The van der Waals surface area contributed by atoms with Crippen LogP contribution in [0.15, 0.2) is 59.7 Å². The first-order chi connectivity index (χ1) is 13.1. The number of nitrogens with one attached hydrogen (secondary N) is 1. The first kappa shape index (κ1) is 18.3. The zero-order chi connectivity index (χ0) is 19.2. The van der Waals surface area contributed by atoms with Gasteiger partial charge in [0.25, 0.3) is 5.91 Å². The monoisotopic (exact) mass is 366 g/mol. The van der Waals surface area contributed by atoms with E-state index in [2.05, 4.69) is 15.6 Å². The molecule has 0 fully saturated rings. The van der Waals surface area contributed by atoms with E-state index in [-0.39, 0.29) is 12.4 Å². The number of hydrogen-bond donors (Lipinski definition) is 1. The first-order valence-corrected chi connectivity index (χ1v) is 8.37. The molecule has 2 aromatic carbocycles. The number of nitrogens with zero attached hydrogens (tertiary/aromatic N) is 3. The van der Waals surface area contributed by atoms with E-state index >= 15 is 0 Å². The van der Waals surface area contributed by atoms with Crippen molar-refractivity contribution in [2.75, 3.05) is 6.61 Å². The molecule has 0 spiro atoms. The van der Waals surface area contributed by atoms with Crippen LogP contribution in [0.25, 0.3) is 5.69 Å². The Morgan fingerprint density at radius 2 is 1.89 bits per heavy atom. The summed E-state index contributed by atoms with van der Waals surface area (Å²) >= 11 is 0. The number of amides is 1. The third-order valence-corrected chi connectivity index (χ3v) is 3.93. The topological polar surface area (TPSA) is 68.5 Å². The normalized spacial score (nSPS) is 10.9. The molecule has 1 aromatic heterocycles. The minimum absolute atomic E-state index is 0.0208. The molecule has 0 radical (unpaired) electrons. The number of para-hydroxylation sites is 2. The fourth-order valence-corrected chi connectivity index (χ4v) is 2.57. The van der Waals surface area contributed by atoms with Gasteiger partial charge in [-0.2, -0.15) is 10.2 Å². The summed E-state index contributed by atoms with van der Waals surface area (Å²) in [6.07, 6.45) is 1.54. The molecular weight excluding hydrogens is 347 g/mol. The maximum absolute atomic E-state index is 13.4. The van der Waals surface area contributed by atoms with Crippen molar-refractivity contribution in [3.8, 4) is 11.4 Å². The van der Waals surface area contributed by atoms with Crippen molar-refractivity contribution >= 4 is 12.1 Å². The number of rotatable bonds is 6. The first-order valence-electron chi connectivity index (χ1n) is 8.37. The van der Waals surface area contributed by atoms with Gasteiger partial charge in [0.2, 0.25) is 0 Å². The highest BCUT2D eigenvalue weighted by atomic mass is 19.1. The molecule has 0 unspecified atom stereocenters. The number of carbonyl (C=O) groups excluding carboxylic acids is 1. The molecule has 0 aliphatic carbocycles. The lowest BCUT2D eigenvalue weighted by molar-refractivity contribution is -0.123. The van der Waals surface area contributed by atoms with E-state index in [0.717, 1.165) is 22.6 Å². The third kappa shape index (κ3) is 4.38. The number of ether oxygens (including phenoxy) is 1. The summed E-state index contributed by atoms with van der Waals surface area (Å²) in [4.78, 5) is 11.8. The van der Waals surface area contributed by atoms with Gasteiger partial charge in [-0.3, -0.25) is 4.79 Å². The molecule has 1 N–H and O–H groups in total. The van der Waals surface area contributed by atoms with E-state index in [9.17, 15) is 9.18 Å². The maximum atomic E-state index is 13.4. The number of halogens is 1. The molecule has 27 heavy (non-hydrogen) atoms. The molecule has 0 aliphatic rings. The second-order valence-corrected chi connectivity index (χ2v) is 5.84. The second kappa shape index (κ2) is 8.27. The molecule has 138 valence electrons. The van der Waals surface area contributed by atoms with Crippen molar-refractivity contribution in [3.63, 3.8) is 0 Å². The smallest absolute Gasteiger partial charge is 0.277 e. The van der Waals surface area contributed by atoms with Gasteiger partial charge in [-0.15, -0.1) is 0 Å². The van der Waals surface area contributed by atoms with Gasteiger partial charge in [0.05, 0.1) is 23.3 Å². The van der Waals surface area contributed by atoms with Crippen LogP contribution >= 0.6 is 0 Å². The zero-order valence-electron chi connectivity index (χ0n) is 15.0. The van der Waals surface area contributed by atoms with Gasteiger partial charge in [-0.25, -0.2) is 14.5 Å². The molecule has 6 nitrogen and oxygen atoms in total. The van der Waals surface area contributed by atoms with Crippen molar-refractivity contribution in [1.82, 2.24) is 15.2 Å². The summed E-state index contributed by atoms with van der Waals surface area (Å²) in [6.45, 7) is 3.47. The summed E-state index contributed by atoms with van der Waals surface area (Å²) in [6, 6.07) is 15.6. The van der Waals surface area contributed by atoms with Crippen molar-refractivity contribution < 1.29 is 13.9 Å². The number of carbonyl (C=O) groups is 1. The van der Waals surface area contributed by atoms with Crippen LogP contribution in [0.4, 0.5) is 4.39 Å². The van der Waals surface area contributed by atoms with E-state index in [1.165, 1.54) is 18.3 Å². The van der Waals surface area contributed by atoms with Crippen LogP contribution in [0.2, 0.25) is 0 Å². The van der Waals surface area contributed by atoms with Crippen LogP contribution in [0.5, 0.6) is 5.75 Å². The van der Waals surface area contributed by atoms with E-state index in [1.807, 2.05) is 48.9 Å². The average Bonchev–Trinajstić information content (AvgIpc) is 2.96. The molecule has 0 saturated heterocycles. The Kier molecular flexibility index (Phi) is 5.61. The summed E-state index contributed by atoms with van der Waals surface area (Å²) in [5.41, 5.74) is 5.82. The number of hydrogen-bond acceptors (Lipinski definition) is 4. The Morgan fingerprint density at radius 1 is 1.19 bits per heavy atom. The van der Waals surface area contributed by atoms with E-state index < -0.39 is 11.7 Å². The highest BCUT2D eigenvalue weighted by molar-refractivity contribution is 5.85. The van der Waals surface area contributed by atoms with Crippen molar-refractivity contribution in [2.45, 2.75) is 13.8 Å². The number of hydrazone groups is 1. The Bertz CT molecular complexity index is 967. The van der Waals surface area contributed by atoms with Gasteiger partial charge < -0.3 is 4.74 Å². The predicted octanol–water partition coefficient (Wildman–Crippen LogP) is 3.16. The quantitative estimate of drug-likeness (QED) is 0.538. The summed E-state index contributed by atoms with van der Waals surface area (Å²) in [5.74, 6) is -0.985. The molecule has 1 amide bonds. The Labute approximate surface area is 156 Å². The van der Waals surface area contributed by atoms with Crippen LogP contribution in [-0.2, 0) is 4.79 Å². The molecule has 7 heteroatoms. The Balaban J connectivity index is 1.62. The maximum Gasteiger partial charge on any atom is 0.277 e. The standard InChI is InChI=1S/C20H19FN4O2/c1-14-17(15(2)25(24-14)16-8-4-3-5-9-16)12-22-23-20(26)13-27-19-11-7-6-10-18(19)21/h3-12H,13H2,1-2H3,(H,23,26). The number of aromatic nitrogens is 2. The van der Waals surface area contributed by atoms with Gasteiger partial charge in [0, 0.05) is 5.56 Å². The van der Waals surface area contributed by atoms with Crippen LogP contribution in [0, 0.1) is 19.7 Å². The van der Waals surface area contributed by atoms with E-state index in [1.54, 1.807) is 12.1 Å². The number of benzene rings is 2. The lowest BCUT2D eigenvalue weighted by Crippen LogP contribution is -2.24. The molecule has 0 aliphatic heterocycles. The van der Waals surface area contributed by atoms with Gasteiger partial charge in [-0.05, 0) is 38.1 Å². The van der Waals surface area contributed by atoms with Crippen LogP contribution in [-0.4, -0.2) is 28.5 Å².